The Morgan fingerprint density at radius 2 is 1.82 bits per heavy atom. The molecule has 0 saturated carbocycles. The smallest absolute Gasteiger partial charge is 0.0270 e. The summed E-state index contributed by atoms with van der Waals surface area (Å²) in [6.45, 7) is 10.2. The second-order valence-corrected chi connectivity index (χ2v) is 5.26. The highest BCUT2D eigenvalue weighted by Gasteiger charge is 2.19. The fourth-order valence-electron chi connectivity index (χ4n) is 2.20. The van der Waals surface area contributed by atoms with Crippen molar-refractivity contribution in [3.63, 3.8) is 0 Å². The van der Waals surface area contributed by atoms with Crippen LogP contribution in [0.5, 0.6) is 0 Å². The van der Waals surface area contributed by atoms with Gasteiger partial charge in [0.25, 0.3) is 0 Å². The van der Waals surface area contributed by atoms with Gasteiger partial charge in [-0.1, -0.05) is 27.7 Å². The van der Waals surface area contributed by atoms with Gasteiger partial charge in [-0.25, -0.2) is 0 Å². The summed E-state index contributed by atoms with van der Waals surface area (Å²) in [5, 5.41) is 3.68. The zero-order valence-corrected chi connectivity index (χ0v) is 11.6. The number of rotatable bonds is 7. The molecule has 17 heavy (non-hydrogen) atoms. The minimum Gasteiger partial charge on any atom is -0.313 e. The summed E-state index contributed by atoms with van der Waals surface area (Å²) in [6.07, 6.45) is 6.19. The molecule has 2 heteroatoms. The Labute approximate surface area is 106 Å². The van der Waals surface area contributed by atoms with Crippen LogP contribution < -0.4 is 5.32 Å². The van der Waals surface area contributed by atoms with E-state index in [-0.39, 0.29) is 0 Å². The molecule has 1 N–H and O–H groups in total. The zero-order chi connectivity index (χ0) is 12.7. The van der Waals surface area contributed by atoms with Gasteiger partial charge in [-0.2, -0.15) is 0 Å². The minimum atomic E-state index is 0.548. The van der Waals surface area contributed by atoms with Gasteiger partial charge in [-0.15, -0.1) is 0 Å². The minimum absolute atomic E-state index is 0.548. The molecule has 0 aliphatic rings. The molecule has 0 bridgehead atoms. The molecule has 96 valence electrons. The predicted octanol–water partition coefficient (Wildman–Crippen LogP) is 3.60. The van der Waals surface area contributed by atoms with Crippen molar-refractivity contribution in [2.24, 2.45) is 5.92 Å². The Morgan fingerprint density at radius 1 is 1.18 bits per heavy atom. The third-order valence-corrected chi connectivity index (χ3v) is 3.22. The van der Waals surface area contributed by atoms with Gasteiger partial charge < -0.3 is 5.32 Å². The van der Waals surface area contributed by atoms with E-state index in [0.717, 1.165) is 12.5 Å². The lowest BCUT2D eigenvalue weighted by atomic mass is 9.88. The lowest BCUT2D eigenvalue weighted by Crippen LogP contribution is -2.35. The van der Waals surface area contributed by atoms with Gasteiger partial charge >= 0.3 is 0 Å². The van der Waals surface area contributed by atoms with Crippen LogP contribution in [-0.4, -0.2) is 17.6 Å². The number of aromatic nitrogens is 1. The van der Waals surface area contributed by atoms with Crippen LogP contribution in [0.2, 0.25) is 0 Å². The standard InChI is InChI=1S/C15H26N2/c1-5-8-17-15(11-12(2)3)13(4)14-6-9-16-10-7-14/h6-7,9-10,12-13,15,17H,5,8,11H2,1-4H3. The highest BCUT2D eigenvalue weighted by Crippen LogP contribution is 2.23. The summed E-state index contributed by atoms with van der Waals surface area (Å²) in [6, 6.07) is 4.83. The molecule has 2 unspecified atom stereocenters. The maximum absolute atomic E-state index is 4.09. The van der Waals surface area contributed by atoms with Crippen molar-refractivity contribution in [3.05, 3.63) is 30.1 Å². The van der Waals surface area contributed by atoms with Crippen molar-refractivity contribution in [3.8, 4) is 0 Å². The van der Waals surface area contributed by atoms with Gasteiger partial charge in [0, 0.05) is 18.4 Å². The molecule has 0 aromatic carbocycles. The van der Waals surface area contributed by atoms with Crippen molar-refractivity contribution in [2.45, 2.75) is 52.5 Å². The molecule has 0 aliphatic heterocycles. The fraction of sp³-hybridized carbons (Fsp3) is 0.667. The molecule has 1 rings (SSSR count). The Hall–Kier alpha value is -0.890. The molecule has 2 atom stereocenters. The summed E-state index contributed by atoms with van der Waals surface area (Å²) in [4.78, 5) is 4.09. The second kappa shape index (κ2) is 7.44. The van der Waals surface area contributed by atoms with Crippen molar-refractivity contribution < 1.29 is 0 Å². The van der Waals surface area contributed by atoms with E-state index in [1.807, 2.05) is 12.4 Å². The van der Waals surface area contributed by atoms with E-state index in [1.165, 1.54) is 18.4 Å². The largest absolute Gasteiger partial charge is 0.313 e. The van der Waals surface area contributed by atoms with Crippen LogP contribution in [0.1, 0.15) is 52.0 Å². The summed E-state index contributed by atoms with van der Waals surface area (Å²) in [7, 11) is 0. The first-order chi connectivity index (χ1) is 8.15. The summed E-state index contributed by atoms with van der Waals surface area (Å²) < 4.78 is 0. The monoisotopic (exact) mass is 234 g/mol. The van der Waals surface area contributed by atoms with Crippen LogP contribution in [0.3, 0.4) is 0 Å². The Bertz CT molecular complexity index is 295. The first kappa shape index (κ1) is 14.2. The first-order valence-corrected chi connectivity index (χ1v) is 6.78. The van der Waals surface area contributed by atoms with E-state index in [4.69, 9.17) is 0 Å². The fourth-order valence-corrected chi connectivity index (χ4v) is 2.20. The molecule has 0 amide bonds. The van der Waals surface area contributed by atoms with Crippen LogP contribution >= 0.6 is 0 Å². The van der Waals surface area contributed by atoms with Crippen molar-refractivity contribution in [1.82, 2.24) is 10.3 Å². The van der Waals surface area contributed by atoms with Gasteiger partial charge in [-0.05, 0) is 48.9 Å². The van der Waals surface area contributed by atoms with E-state index in [9.17, 15) is 0 Å². The molecule has 1 aromatic heterocycles. The number of nitrogens with zero attached hydrogens (tertiary/aromatic N) is 1. The number of hydrogen-bond donors (Lipinski definition) is 1. The van der Waals surface area contributed by atoms with Gasteiger partial charge in [0.1, 0.15) is 0 Å². The molecule has 0 saturated heterocycles. The summed E-state index contributed by atoms with van der Waals surface area (Å²) in [5.74, 6) is 1.28. The second-order valence-electron chi connectivity index (χ2n) is 5.26. The summed E-state index contributed by atoms with van der Waals surface area (Å²) in [5.41, 5.74) is 1.38. The van der Waals surface area contributed by atoms with Gasteiger partial charge in [0.05, 0.1) is 0 Å². The van der Waals surface area contributed by atoms with E-state index in [0.29, 0.717) is 12.0 Å². The van der Waals surface area contributed by atoms with E-state index in [2.05, 4.69) is 50.1 Å². The maximum Gasteiger partial charge on any atom is 0.0270 e. The number of nitrogens with one attached hydrogen (secondary N) is 1. The lowest BCUT2D eigenvalue weighted by molar-refractivity contribution is 0.376. The van der Waals surface area contributed by atoms with E-state index in [1.54, 1.807) is 0 Å². The molecule has 0 fully saturated rings. The number of pyridine rings is 1. The lowest BCUT2D eigenvalue weighted by Gasteiger charge is -2.27. The van der Waals surface area contributed by atoms with Crippen LogP contribution in [0.15, 0.2) is 24.5 Å². The quantitative estimate of drug-likeness (QED) is 0.779. The van der Waals surface area contributed by atoms with Crippen molar-refractivity contribution in [1.29, 1.82) is 0 Å². The van der Waals surface area contributed by atoms with Crippen LogP contribution in [0, 0.1) is 5.92 Å². The zero-order valence-electron chi connectivity index (χ0n) is 11.6. The highest BCUT2D eigenvalue weighted by atomic mass is 14.9. The maximum atomic E-state index is 4.09. The molecule has 1 aromatic rings. The van der Waals surface area contributed by atoms with Gasteiger partial charge in [0.2, 0.25) is 0 Å². The average molecular weight is 234 g/mol. The molecule has 0 aliphatic carbocycles. The molecule has 0 spiro atoms. The van der Waals surface area contributed by atoms with Crippen molar-refractivity contribution >= 4 is 0 Å². The number of hydrogen-bond acceptors (Lipinski definition) is 2. The predicted molar refractivity (Wildman–Crippen MR) is 74.2 cm³/mol. The first-order valence-electron chi connectivity index (χ1n) is 6.78. The Morgan fingerprint density at radius 3 is 2.35 bits per heavy atom. The molecule has 1 heterocycles. The molecule has 0 radical (unpaired) electrons. The highest BCUT2D eigenvalue weighted by molar-refractivity contribution is 5.17. The van der Waals surface area contributed by atoms with Crippen LogP contribution in [-0.2, 0) is 0 Å². The van der Waals surface area contributed by atoms with Crippen LogP contribution in [0.4, 0.5) is 0 Å². The molecular formula is C15H26N2. The topological polar surface area (TPSA) is 24.9 Å². The SMILES string of the molecule is CCCNC(CC(C)C)C(C)c1ccncc1. The normalized spacial score (nSPS) is 14.9. The van der Waals surface area contributed by atoms with E-state index >= 15 is 0 Å². The van der Waals surface area contributed by atoms with Crippen molar-refractivity contribution in [2.75, 3.05) is 6.54 Å². The average Bonchev–Trinajstić information content (AvgIpc) is 2.34. The van der Waals surface area contributed by atoms with Gasteiger partial charge in [-0.3, -0.25) is 4.98 Å². The third kappa shape index (κ3) is 4.86. The Kier molecular flexibility index (Phi) is 6.20. The van der Waals surface area contributed by atoms with E-state index < -0.39 is 0 Å². The van der Waals surface area contributed by atoms with Gasteiger partial charge in [0.15, 0.2) is 0 Å². The molecular weight excluding hydrogens is 208 g/mol. The molecule has 2 nitrogen and oxygen atoms in total. The summed E-state index contributed by atoms with van der Waals surface area (Å²) >= 11 is 0. The Balaban J connectivity index is 2.68. The third-order valence-electron chi connectivity index (χ3n) is 3.22. The van der Waals surface area contributed by atoms with Crippen LogP contribution in [0.25, 0.3) is 0 Å².